The molecule has 0 spiro atoms. The maximum Gasteiger partial charge on any atom is 0.0610 e. The zero-order chi connectivity index (χ0) is 15.2. The summed E-state index contributed by atoms with van der Waals surface area (Å²) in [6.45, 7) is 7.61. The van der Waals surface area contributed by atoms with Crippen molar-refractivity contribution in [2.45, 2.75) is 45.6 Å². The molecule has 0 aliphatic rings. The molecule has 0 aliphatic carbocycles. The first-order valence-corrected chi connectivity index (χ1v) is 7.50. The zero-order valence-corrected chi connectivity index (χ0v) is 13.7. The Bertz CT molecular complexity index is 413. The number of likely N-dealkylation sites (N-methyl/N-ethyl adjacent to an activating group) is 1. The second-order valence-electron chi connectivity index (χ2n) is 6.14. The van der Waals surface area contributed by atoms with E-state index >= 15 is 0 Å². The molecule has 3 nitrogen and oxygen atoms in total. The number of anilines is 1. The molecule has 2 N–H and O–H groups in total. The third-order valence-electron chi connectivity index (χ3n) is 4.19. The number of nitrogens with one attached hydrogen (secondary N) is 1. The zero-order valence-electron chi connectivity index (χ0n) is 13.7. The van der Waals surface area contributed by atoms with Gasteiger partial charge in [-0.3, -0.25) is 0 Å². The normalized spacial score (nSPS) is 14.1. The van der Waals surface area contributed by atoms with Gasteiger partial charge in [-0.25, -0.2) is 0 Å². The van der Waals surface area contributed by atoms with E-state index in [4.69, 9.17) is 0 Å². The van der Waals surface area contributed by atoms with Gasteiger partial charge in [-0.1, -0.05) is 17.7 Å². The number of rotatable bonds is 8. The maximum absolute atomic E-state index is 9.36. The number of aliphatic hydroxyl groups is 1. The van der Waals surface area contributed by atoms with E-state index in [0.717, 1.165) is 25.8 Å². The summed E-state index contributed by atoms with van der Waals surface area (Å²) in [5.74, 6) is 0. The van der Waals surface area contributed by atoms with Crippen LogP contribution in [0, 0.1) is 13.8 Å². The monoisotopic (exact) mass is 278 g/mol. The summed E-state index contributed by atoms with van der Waals surface area (Å²) in [6, 6.07) is 6.61. The fraction of sp³-hybridized carbons (Fsp3) is 0.647. The van der Waals surface area contributed by atoms with Gasteiger partial charge >= 0.3 is 0 Å². The lowest BCUT2D eigenvalue weighted by atomic mass is 9.96. The first-order chi connectivity index (χ1) is 9.41. The average Bonchev–Trinajstić information content (AvgIpc) is 2.43. The van der Waals surface area contributed by atoms with E-state index < -0.39 is 0 Å². The molecule has 0 aromatic heterocycles. The number of aliphatic hydroxyl groups excluding tert-OH is 1. The highest BCUT2D eigenvalue weighted by atomic mass is 16.3. The van der Waals surface area contributed by atoms with Gasteiger partial charge in [0.05, 0.1) is 6.61 Å². The first-order valence-electron chi connectivity index (χ1n) is 7.50. The molecule has 1 aromatic carbocycles. The first kappa shape index (κ1) is 17.0. The molecule has 3 heteroatoms. The van der Waals surface area contributed by atoms with Crippen molar-refractivity contribution in [1.29, 1.82) is 0 Å². The van der Waals surface area contributed by atoms with Gasteiger partial charge in [-0.15, -0.1) is 0 Å². The number of hydrogen-bond acceptors (Lipinski definition) is 3. The highest BCUT2D eigenvalue weighted by Gasteiger charge is 2.19. The molecular formula is C17H30N2O. The summed E-state index contributed by atoms with van der Waals surface area (Å²) < 4.78 is 0. The van der Waals surface area contributed by atoms with Crippen molar-refractivity contribution < 1.29 is 5.11 Å². The Morgan fingerprint density at radius 1 is 1.25 bits per heavy atom. The van der Waals surface area contributed by atoms with E-state index in [1.54, 1.807) is 0 Å². The molecule has 20 heavy (non-hydrogen) atoms. The molecule has 0 radical (unpaired) electrons. The van der Waals surface area contributed by atoms with E-state index in [-0.39, 0.29) is 12.1 Å². The second-order valence-corrected chi connectivity index (χ2v) is 6.14. The Balaban J connectivity index is 2.42. The SMILES string of the molecule is CNC(C)(CO)CCCCN(C)c1ccc(C)cc1C. The molecule has 0 heterocycles. The van der Waals surface area contributed by atoms with E-state index in [9.17, 15) is 5.11 Å². The summed E-state index contributed by atoms with van der Waals surface area (Å²) in [7, 11) is 4.07. The quantitative estimate of drug-likeness (QED) is 0.718. The summed E-state index contributed by atoms with van der Waals surface area (Å²) >= 11 is 0. The standard InChI is InChI=1S/C17H30N2O/c1-14-8-9-16(15(2)12-14)19(5)11-7-6-10-17(3,13-20)18-4/h8-9,12,18,20H,6-7,10-11,13H2,1-5H3. The highest BCUT2D eigenvalue weighted by Crippen LogP contribution is 2.21. The molecular weight excluding hydrogens is 248 g/mol. The van der Waals surface area contributed by atoms with Crippen LogP contribution >= 0.6 is 0 Å². The fourth-order valence-electron chi connectivity index (χ4n) is 2.50. The van der Waals surface area contributed by atoms with Crippen LogP contribution < -0.4 is 10.2 Å². The molecule has 1 aromatic rings. The van der Waals surface area contributed by atoms with Crippen LogP contribution in [0.25, 0.3) is 0 Å². The highest BCUT2D eigenvalue weighted by molar-refractivity contribution is 5.53. The van der Waals surface area contributed by atoms with Gasteiger partial charge in [-0.2, -0.15) is 0 Å². The van der Waals surface area contributed by atoms with Crippen molar-refractivity contribution in [3.8, 4) is 0 Å². The van der Waals surface area contributed by atoms with Gasteiger partial charge in [0.15, 0.2) is 0 Å². The molecule has 0 saturated carbocycles. The van der Waals surface area contributed by atoms with Crippen LogP contribution in [0.15, 0.2) is 18.2 Å². The largest absolute Gasteiger partial charge is 0.394 e. The third-order valence-corrected chi connectivity index (χ3v) is 4.19. The Labute approximate surface area is 124 Å². The van der Waals surface area contributed by atoms with Gasteiger partial charge in [0.25, 0.3) is 0 Å². The third kappa shape index (κ3) is 4.80. The smallest absolute Gasteiger partial charge is 0.0610 e. The predicted molar refractivity (Wildman–Crippen MR) is 87.6 cm³/mol. The van der Waals surface area contributed by atoms with Crippen molar-refractivity contribution in [3.05, 3.63) is 29.3 Å². The topological polar surface area (TPSA) is 35.5 Å². The van der Waals surface area contributed by atoms with Gasteiger partial charge in [0.1, 0.15) is 0 Å². The van der Waals surface area contributed by atoms with Crippen LogP contribution in [0.4, 0.5) is 5.69 Å². The van der Waals surface area contributed by atoms with Crippen molar-refractivity contribution in [1.82, 2.24) is 5.32 Å². The molecule has 0 bridgehead atoms. The number of nitrogens with zero attached hydrogens (tertiary/aromatic N) is 1. The molecule has 114 valence electrons. The summed E-state index contributed by atoms with van der Waals surface area (Å²) in [5.41, 5.74) is 3.82. The Kier molecular flexibility index (Phi) is 6.50. The van der Waals surface area contributed by atoms with Gasteiger partial charge in [0, 0.05) is 24.8 Å². The van der Waals surface area contributed by atoms with Crippen LogP contribution in [0.3, 0.4) is 0 Å². The van der Waals surface area contributed by atoms with E-state index in [0.29, 0.717) is 0 Å². The van der Waals surface area contributed by atoms with Gasteiger partial charge < -0.3 is 15.3 Å². The van der Waals surface area contributed by atoms with Crippen molar-refractivity contribution >= 4 is 5.69 Å². The molecule has 0 aliphatic heterocycles. The number of aryl methyl sites for hydroxylation is 2. The molecule has 0 amide bonds. The average molecular weight is 278 g/mol. The Morgan fingerprint density at radius 3 is 2.50 bits per heavy atom. The molecule has 0 saturated heterocycles. The number of benzene rings is 1. The minimum Gasteiger partial charge on any atom is -0.394 e. The number of hydrogen-bond donors (Lipinski definition) is 2. The predicted octanol–water partition coefficient (Wildman–Crippen LogP) is 2.88. The van der Waals surface area contributed by atoms with Gasteiger partial charge in [0.2, 0.25) is 0 Å². The number of unbranched alkanes of at least 4 members (excludes halogenated alkanes) is 1. The lowest BCUT2D eigenvalue weighted by molar-refractivity contribution is 0.171. The fourth-order valence-corrected chi connectivity index (χ4v) is 2.50. The van der Waals surface area contributed by atoms with Crippen molar-refractivity contribution in [3.63, 3.8) is 0 Å². The van der Waals surface area contributed by atoms with Crippen LogP contribution in [-0.4, -0.2) is 37.9 Å². The van der Waals surface area contributed by atoms with Crippen LogP contribution in [0.2, 0.25) is 0 Å². The molecule has 0 fully saturated rings. The van der Waals surface area contributed by atoms with Crippen LogP contribution in [0.5, 0.6) is 0 Å². The Hall–Kier alpha value is -1.06. The van der Waals surface area contributed by atoms with Crippen LogP contribution in [0.1, 0.15) is 37.3 Å². The Morgan fingerprint density at radius 2 is 1.95 bits per heavy atom. The van der Waals surface area contributed by atoms with Crippen molar-refractivity contribution in [2.75, 3.05) is 32.1 Å². The lowest BCUT2D eigenvalue weighted by Gasteiger charge is -2.27. The maximum atomic E-state index is 9.36. The summed E-state index contributed by atoms with van der Waals surface area (Å²) in [4.78, 5) is 2.32. The molecule has 1 rings (SSSR count). The summed E-state index contributed by atoms with van der Waals surface area (Å²) in [6.07, 6.45) is 3.26. The van der Waals surface area contributed by atoms with E-state index in [1.807, 2.05) is 7.05 Å². The molecule has 1 atom stereocenters. The minimum atomic E-state index is -0.141. The lowest BCUT2D eigenvalue weighted by Crippen LogP contribution is -2.43. The minimum absolute atomic E-state index is 0.141. The van der Waals surface area contributed by atoms with E-state index in [2.05, 4.69) is 56.2 Å². The van der Waals surface area contributed by atoms with E-state index in [1.165, 1.54) is 16.8 Å². The van der Waals surface area contributed by atoms with Crippen molar-refractivity contribution in [2.24, 2.45) is 0 Å². The van der Waals surface area contributed by atoms with Gasteiger partial charge in [-0.05, 0) is 58.7 Å². The summed E-state index contributed by atoms with van der Waals surface area (Å²) in [5, 5.41) is 12.6. The second kappa shape index (κ2) is 7.65. The van der Waals surface area contributed by atoms with Crippen LogP contribution in [-0.2, 0) is 0 Å². The molecule has 1 unspecified atom stereocenters.